The highest BCUT2D eigenvalue weighted by atomic mass is 16.7. The van der Waals surface area contributed by atoms with Crippen LogP contribution in [0.3, 0.4) is 0 Å². The Morgan fingerprint density at radius 2 is 1.27 bits per heavy atom. The Kier molecular flexibility index (Phi) is 19.3. The summed E-state index contributed by atoms with van der Waals surface area (Å²) in [4.78, 5) is 50.6. The van der Waals surface area contributed by atoms with Gasteiger partial charge in [0.05, 0.1) is 51.7 Å². The smallest absolute Gasteiger partial charge is 0.234 e. The summed E-state index contributed by atoms with van der Waals surface area (Å²) in [6, 6.07) is 0. The molecule has 19 nitrogen and oxygen atoms in total. The summed E-state index contributed by atoms with van der Waals surface area (Å²) >= 11 is 0. The van der Waals surface area contributed by atoms with Gasteiger partial charge in [0.15, 0.2) is 12.6 Å². The van der Waals surface area contributed by atoms with E-state index >= 15 is 0 Å². The summed E-state index contributed by atoms with van der Waals surface area (Å²) in [5, 5.41) is 69.4. The van der Waals surface area contributed by atoms with Crippen molar-refractivity contribution >= 4 is 23.6 Å². The minimum Gasteiger partial charge on any atom is -0.394 e. The molecule has 0 spiro atoms. The van der Waals surface area contributed by atoms with Gasteiger partial charge < -0.3 is 70.9 Å². The van der Waals surface area contributed by atoms with Crippen molar-refractivity contribution in [3.05, 3.63) is 0 Å². The highest BCUT2D eigenvalue weighted by molar-refractivity contribution is 5.84. The molecule has 0 bridgehead atoms. The number of carbonyl (C=O) groups is 4. The van der Waals surface area contributed by atoms with E-state index in [-0.39, 0.29) is 58.3 Å². The standard InChI is InChI=1S/C29H53N5O14/c1-17-18(36)12-19(37)28(47-17)45-10-8-32-23(40)14-34(13-22(39)31-7-5-3-4-6-21(38)30-2)15-24(41)33-9-11-46-29-27(44)26(43)25(42)20(16-35)48-29/h17-20,25-29,35-37,42-44H,3-16H2,1-2H3,(H,30,38)(H,31,39)(H,32,40)(H,33,41)/t17-,18-,19-,20?,25+,26-,27-,28+,29-/m0/s1. The van der Waals surface area contributed by atoms with E-state index in [1.165, 1.54) is 4.90 Å². The number of rotatable bonds is 21. The van der Waals surface area contributed by atoms with Gasteiger partial charge in [-0.2, -0.15) is 0 Å². The summed E-state index contributed by atoms with van der Waals surface area (Å²) in [5.74, 6) is -1.54. The van der Waals surface area contributed by atoms with Gasteiger partial charge in [-0.3, -0.25) is 24.1 Å². The predicted molar refractivity (Wildman–Crippen MR) is 165 cm³/mol. The van der Waals surface area contributed by atoms with Crippen LogP contribution < -0.4 is 21.3 Å². The Labute approximate surface area is 279 Å². The van der Waals surface area contributed by atoms with Crippen LogP contribution in [-0.2, 0) is 38.1 Å². The molecule has 278 valence electrons. The van der Waals surface area contributed by atoms with Crippen LogP contribution >= 0.6 is 0 Å². The third-order valence-corrected chi connectivity index (χ3v) is 7.73. The van der Waals surface area contributed by atoms with Crippen LogP contribution in [0.15, 0.2) is 0 Å². The first-order chi connectivity index (χ1) is 22.9. The van der Waals surface area contributed by atoms with E-state index in [0.29, 0.717) is 25.8 Å². The quantitative estimate of drug-likeness (QED) is 0.0502. The number of aliphatic hydroxyl groups is 6. The van der Waals surface area contributed by atoms with Gasteiger partial charge in [0, 0.05) is 39.5 Å². The third-order valence-electron chi connectivity index (χ3n) is 7.73. The van der Waals surface area contributed by atoms with E-state index in [2.05, 4.69) is 21.3 Å². The number of unbranched alkanes of at least 4 members (excludes halogenated alkanes) is 2. The number of nitrogens with zero attached hydrogens (tertiary/aromatic N) is 1. The van der Waals surface area contributed by atoms with Gasteiger partial charge in [-0.1, -0.05) is 6.42 Å². The predicted octanol–water partition coefficient (Wildman–Crippen LogP) is -5.37. The second kappa shape index (κ2) is 22.2. The molecule has 2 aliphatic rings. The fourth-order valence-electron chi connectivity index (χ4n) is 4.91. The van der Waals surface area contributed by atoms with E-state index < -0.39 is 79.6 Å². The average Bonchev–Trinajstić information content (AvgIpc) is 3.04. The van der Waals surface area contributed by atoms with Gasteiger partial charge in [-0.15, -0.1) is 0 Å². The van der Waals surface area contributed by atoms with Crippen LogP contribution in [0.2, 0.25) is 0 Å². The Morgan fingerprint density at radius 1 is 0.708 bits per heavy atom. The molecule has 10 N–H and O–H groups in total. The summed E-state index contributed by atoms with van der Waals surface area (Å²) in [6.07, 6.45) is -8.09. The lowest BCUT2D eigenvalue weighted by atomic mass is 9.99. The SMILES string of the molecule is CNC(=O)CCCCCNC(=O)CN(CC(=O)NCCO[C@H]1OC(CO)[C@@H](O)[C@H](O)[C@@H]1O)CC(=O)NCCO[C@@H]1O[C@@H](C)[C@@H](O)C[C@@H]1O. The van der Waals surface area contributed by atoms with Crippen molar-refractivity contribution in [2.24, 2.45) is 0 Å². The number of ether oxygens (including phenoxy) is 4. The topological polar surface area (TPSA) is 278 Å². The maximum atomic E-state index is 12.7. The largest absolute Gasteiger partial charge is 0.394 e. The van der Waals surface area contributed by atoms with Gasteiger partial charge in [0.2, 0.25) is 23.6 Å². The average molecular weight is 696 g/mol. The summed E-state index contributed by atoms with van der Waals surface area (Å²) in [6.45, 7) is 0.222. The second-order valence-electron chi connectivity index (χ2n) is 11.7. The number of hydrogen-bond acceptors (Lipinski definition) is 15. The molecule has 2 saturated heterocycles. The van der Waals surface area contributed by atoms with Crippen molar-refractivity contribution in [2.75, 3.05) is 66.1 Å². The van der Waals surface area contributed by atoms with Crippen LogP contribution in [0, 0.1) is 0 Å². The maximum Gasteiger partial charge on any atom is 0.234 e. The Bertz CT molecular complexity index is 994. The zero-order chi connectivity index (χ0) is 35.6. The van der Waals surface area contributed by atoms with E-state index in [1.807, 2.05) is 0 Å². The Hall–Kier alpha value is -2.56. The van der Waals surface area contributed by atoms with Gasteiger partial charge in [-0.05, 0) is 19.8 Å². The van der Waals surface area contributed by atoms with E-state index in [4.69, 9.17) is 18.9 Å². The van der Waals surface area contributed by atoms with Crippen molar-refractivity contribution < 1.29 is 68.8 Å². The summed E-state index contributed by atoms with van der Waals surface area (Å²) < 4.78 is 21.5. The first-order valence-corrected chi connectivity index (χ1v) is 16.1. The third kappa shape index (κ3) is 14.9. The number of carbonyl (C=O) groups excluding carboxylic acids is 4. The molecule has 1 unspecified atom stereocenters. The van der Waals surface area contributed by atoms with Gasteiger partial charge in [0.25, 0.3) is 0 Å². The molecule has 19 heteroatoms. The number of aliphatic hydroxyl groups excluding tert-OH is 6. The zero-order valence-corrected chi connectivity index (χ0v) is 27.5. The normalized spacial score (nSPS) is 28.9. The molecule has 9 atom stereocenters. The molecular formula is C29H53N5O14. The van der Waals surface area contributed by atoms with Crippen molar-refractivity contribution in [3.63, 3.8) is 0 Å². The Morgan fingerprint density at radius 3 is 1.83 bits per heavy atom. The molecule has 2 aliphatic heterocycles. The van der Waals surface area contributed by atoms with Crippen molar-refractivity contribution in [2.45, 2.75) is 94.3 Å². The van der Waals surface area contributed by atoms with Crippen molar-refractivity contribution in [1.82, 2.24) is 26.2 Å². The molecule has 2 heterocycles. The molecule has 0 aliphatic carbocycles. The number of amides is 4. The van der Waals surface area contributed by atoms with Crippen LogP contribution in [0.1, 0.15) is 39.0 Å². The molecule has 0 aromatic rings. The molecule has 2 fully saturated rings. The second-order valence-corrected chi connectivity index (χ2v) is 11.7. The molecule has 4 amide bonds. The zero-order valence-electron chi connectivity index (χ0n) is 27.5. The number of hydrogen-bond donors (Lipinski definition) is 10. The molecule has 0 aromatic heterocycles. The minimum atomic E-state index is -1.61. The highest BCUT2D eigenvalue weighted by Crippen LogP contribution is 2.22. The summed E-state index contributed by atoms with van der Waals surface area (Å²) in [7, 11) is 1.56. The van der Waals surface area contributed by atoms with Gasteiger partial charge in [-0.25, -0.2) is 0 Å². The molecule has 0 radical (unpaired) electrons. The van der Waals surface area contributed by atoms with Crippen molar-refractivity contribution in [3.8, 4) is 0 Å². The van der Waals surface area contributed by atoms with E-state index in [1.54, 1.807) is 14.0 Å². The van der Waals surface area contributed by atoms with Gasteiger partial charge >= 0.3 is 0 Å². The first kappa shape index (κ1) is 41.6. The van der Waals surface area contributed by atoms with Crippen molar-refractivity contribution in [1.29, 1.82) is 0 Å². The highest BCUT2D eigenvalue weighted by Gasteiger charge is 2.44. The number of nitrogens with one attached hydrogen (secondary N) is 4. The van der Waals surface area contributed by atoms with Crippen LogP contribution in [-0.4, -0.2) is 181 Å². The van der Waals surface area contributed by atoms with E-state index in [9.17, 15) is 49.8 Å². The van der Waals surface area contributed by atoms with Crippen LogP contribution in [0.5, 0.6) is 0 Å². The Balaban J connectivity index is 1.81. The molecule has 0 aromatic carbocycles. The fourth-order valence-corrected chi connectivity index (χ4v) is 4.91. The van der Waals surface area contributed by atoms with Crippen LogP contribution in [0.25, 0.3) is 0 Å². The first-order valence-electron chi connectivity index (χ1n) is 16.1. The minimum absolute atomic E-state index is 0.00832. The lowest BCUT2D eigenvalue weighted by Gasteiger charge is -2.39. The fraction of sp³-hybridized carbons (Fsp3) is 0.862. The maximum absolute atomic E-state index is 12.7. The lowest BCUT2D eigenvalue weighted by molar-refractivity contribution is -0.300. The van der Waals surface area contributed by atoms with E-state index in [0.717, 1.165) is 6.42 Å². The van der Waals surface area contributed by atoms with Gasteiger partial charge in [0.1, 0.15) is 30.5 Å². The van der Waals surface area contributed by atoms with Crippen LogP contribution in [0.4, 0.5) is 0 Å². The summed E-state index contributed by atoms with van der Waals surface area (Å²) in [5.41, 5.74) is 0. The molecule has 2 rings (SSSR count). The molecule has 0 saturated carbocycles. The lowest BCUT2D eigenvalue weighted by Crippen LogP contribution is -2.59. The molecule has 48 heavy (non-hydrogen) atoms. The molecular weight excluding hydrogens is 642 g/mol. The monoisotopic (exact) mass is 695 g/mol.